The van der Waals surface area contributed by atoms with Crippen LogP contribution in [0, 0.1) is 0 Å². The molecule has 0 heterocycles. The molecule has 2 N–H and O–H groups in total. The Balaban J connectivity index is 0.00000450. The number of hydrogen-bond donors (Lipinski definition) is 2. The molecule has 2 aromatic carbocycles. The van der Waals surface area contributed by atoms with Gasteiger partial charge in [-0.05, 0) is 48.4 Å². The Morgan fingerprint density at radius 3 is 1.83 bits per heavy atom. The monoisotopic (exact) mass is 442 g/mol. The third-order valence-electron chi connectivity index (χ3n) is 4.76. The summed E-state index contributed by atoms with van der Waals surface area (Å²) >= 11 is 0. The summed E-state index contributed by atoms with van der Waals surface area (Å²) in [6, 6.07) is 16.1. The molecule has 0 aromatic heterocycles. The SMILES string of the molecule is CC(C)S(=O)(=O)NC[C@H](C)c1ccc(-c2ccc(CCNS(C)(=O)=O)cc2)cc1.[HH].[HH]. The average molecular weight is 443 g/mol. The van der Waals surface area contributed by atoms with Gasteiger partial charge >= 0.3 is 0 Å². The number of rotatable bonds is 10. The van der Waals surface area contributed by atoms with E-state index in [2.05, 4.69) is 9.44 Å². The zero-order valence-corrected chi connectivity index (χ0v) is 19.0. The van der Waals surface area contributed by atoms with Gasteiger partial charge in [0.2, 0.25) is 20.0 Å². The first kappa shape index (κ1) is 23.5. The Morgan fingerprint density at radius 1 is 0.828 bits per heavy atom. The standard InChI is InChI=1S/C21H30N2O4S2.2H2/c1-16(2)29(26,27)23-15-17(3)19-9-11-21(12-10-19)20-7-5-18(6-8-20)13-14-22-28(4,24)25;;/h5-12,16-17,22-23H,13-15H2,1-4H3;2*1H/t17-;;/m0../s1. The lowest BCUT2D eigenvalue weighted by atomic mass is 9.97. The lowest BCUT2D eigenvalue weighted by Gasteiger charge is -2.15. The summed E-state index contributed by atoms with van der Waals surface area (Å²) in [6.07, 6.45) is 1.79. The minimum absolute atomic E-state index is 0. The molecule has 0 bridgehead atoms. The molecule has 0 aliphatic heterocycles. The van der Waals surface area contributed by atoms with Crippen LogP contribution in [0.25, 0.3) is 11.1 Å². The Labute approximate surface area is 177 Å². The van der Waals surface area contributed by atoms with Crippen LogP contribution >= 0.6 is 0 Å². The van der Waals surface area contributed by atoms with Gasteiger partial charge < -0.3 is 0 Å². The van der Waals surface area contributed by atoms with Crippen LogP contribution in [0.5, 0.6) is 0 Å². The molecule has 0 fully saturated rings. The first-order chi connectivity index (χ1) is 13.5. The third kappa shape index (κ3) is 7.54. The second-order valence-electron chi connectivity index (χ2n) is 7.58. The lowest BCUT2D eigenvalue weighted by molar-refractivity contribution is 0.566. The molecule has 0 spiro atoms. The molecule has 1 atom stereocenters. The molecule has 2 rings (SSSR count). The smallest absolute Gasteiger partial charge is 0.213 e. The second kappa shape index (κ2) is 9.84. The van der Waals surface area contributed by atoms with Crippen LogP contribution in [0.3, 0.4) is 0 Å². The van der Waals surface area contributed by atoms with E-state index in [-0.39, 0.29) is 8.77 Å². The Bertz CT molecular complexity index is 1010. The van der Waals surface area contributed by atoms with Gasteiger partial charge in [-0.25, -0.2) is 26.3 Å². The fraction of sp³-hybridized carbons (Fsp3) is 0.429. The van der Waals surface area contributed by atoms with Crippen LogP contribution in [-0.2, 0) is 26.5 Å². The van der Waals surface area contributed by atoms with Crippen LogP contribution in [0.15, 0.2) is 48.5 Å². The topological polar surface area (TPSA) is 92.3 Å². The van der Waals surface area contributed by atoms with Gasteiger partial charge in [-0.15, -0.1) is 0 Å². The van der Waals surface area contributed by atoms with Gasteiger partial charge in [-0.1, -0.05) is 55.5 Å². The molecule has 0 amide bonds. The van der Waals surface area contributed by atoms with E-state index in [1.165, 1.54) is 0 Å². The molecule has 29 heavy (non-hydrogen) atoms. The molecule has 0 unspecified atom stereocenters. The van der Waals surface area contributed by atoms with Gasteiger partial charge in [-0.2, -0.15) is 0 Å². The lowest BCUT2D eigenvalue weighted by Crippen LogP contribution is -2.33. The molecular formula is C21H34N2O4S2. The van der Waals surface area contributed by atoms with Crippen molar-refractivity contribution in [3.63, 3.8) is 0 Å². The fourth-order valence-corrected chi connectivity index (χ4v) is 4.06. The number of hydrogen-bond acceptors (Lipinski definition) is 4. The van der Waals surface area contributed by atoms with Crippen molar-refractivity contribution in [1.29, 1.82) is 0 Å². The van der Waals surface area contributed by atoms with Crippen molar-refractivity contribution in [2.75, 3.05) is 19.3 Å². The first-order valence-electron chi connectivity index (χ1n) is 9.60. The first-order valence-corrected chi connectivity index (χ1v) is 13.0. The van der Waals surface area contributed by atoms with E-state index >= 15 is 0 Å². The maximum atomic E-state index is 11.9. The van der Waals surface area contributed by atoms with Crippen LogP contribution in [0.4, 0.5) is 0 Å². The number of nitrogens with one attached hydrogen (secondary N) is 2. The highest BCUT2D eigenvalue weighted by Gasteiger charge is 2.17. The number of benzene rings is 2. The summed E-state index contributed by atoms with van der Waals surface area (Å²) in [4.78, 5) is 0. The van der Waals surface area contributed by atoms with Crippen molar-refractivity contribution in [2.24, 2.45) is 0 Å². The van der Waals surface area contributed by atoms with Crippen molar-refractivity contribution in [3.8, 4) is 11.1 Å². The fourth-order valence-electron chi connectivity index (χ4n) is 2.77. The minimum Gasteiger partial charge on any atom is -0.215 e. The van der Waals surface area contributed by atoms with Crippen LogP contribution in [0.1, 0.15) is 40.7 Å². The van der Waals surface area contributed by atoms with Gasteiger partial charge in [0.05, 0.1) is 11.5 Å². The summed E-state index contributed by atoms with van der Waals surface area (Å²) in [7, 11) is -6.42. The van der Waals surface area contributed by atoms with Gasteiger partial charge in [-0.3, -0.25) is 0 Å². The number of sulfonamides is 2. The maximum absolute atomic E-state index is 11.9. The largest absolute Gasteiger partial charge is 0.215 e. The van der Waals surface area contributed by atoms with Crippen LogP contribution < -0.4 is 9.44 Å². The minimum atomic E-state index is -3.26. The predicted octanol–water partition coefficient (Wildman–Crippen LogP) is 3.37. The van der Waals surface area contributed by atoms with E-state index in [4.69, 9.17) is 0 Å². The van der Waals surface area contributed by atoms with Crippen LogP contribution in [-0.4, -0.2) is 41.4 Å². The molecule has 2 aromatic rings. The van der Waals surface area contributed by atoms with E-state index in [1.807, 2.05) is 55.5 Å². The Morgan fingerprint density at radius 2 is 1.34 bits per heavy atom. The van der Waals surface area contributed by atoms with E-state index < -0.39 is 25.3 Å². The summed E-state index contributed by atoms with van der Waals surface area (Å²) in [5, 5.41) is -0.442. The molecule has 0 radical (unpaired) electrons. The quantitative estimate of drug-likeness (QED) is 0.590. The molecule has 0 aliphatic rings. The highest BCUT2D eigenvalue weighted by molar-refractivity contribution is 7.90. The third-order valence-corrected chi connectivity index (χ3v) is 7.29. The summed E-state index contributed by atoms with van der Waals surface area (Å²) in [6.45, 7) is 6.07. The second-order valence-corrected chi connectivity index (χ2v) is 11.7. The molecule has 0 aliphatic carbocycles. The Hall–Kier alpha value is -1.74. The van der Waals surface area contributed by atoms with Gasteiger partial charge in [0.15, 0.2) is 0 Å². The summed E-state index contributed by atoms with van der Waals surface area (Å²) in [5.41, 5.74) is 4.28. The average Bonchev–Trinajstić information content (AvgIpc) is 2.66. The van der Waals surface area contributed by atoms with Gasteiger partial charge in [0, 0.05) is 15.9 Å². The van der Waals surface area contributed by atoms with Crippen molar-refractivity contribution >= 4 is 20.0 Å². The molecule has 6 nitrogen and oxygen atoms in total. The van der Waals surface area contributed by atoms with Crippen molar-refractivity contribution in [2.45, 2.75) is 38.4 Å². The molecule has 164 valence electrons. The van der Waals surface area contributed by atoms with E-state index in [0.29, 0.717) is 19.5 Å². The normalized spacial score (nSPS) is 13.6. The molecule has 0 saturated carbocycles. The molecule has 0 saturated heterocycles. The zero-order chi connectivity index (χ0) is 21.7. The Kier molecular flexibility index (Phi) is 7.99. The molecule has 8 heteroatoms. The highest BCUT2D eigenvalue weighted by Crippen LogP contribution is 2.23. The van der Waals surface area contributed by atoms with Crippen molar-refractivity contribution < 1.29 is 19.7 Å². The highest BCUT2D eigenvalue weighted by atomic mass is 32.2. The van der Waals surface area contributed by atoms with Crippen molar-refractivity contribution in [3.05, 3.63) is 59.7 Å². The summed E-state index contributed by atoms with van der Waals surface area (Å²) < 4.78 is 51.2. The van der Waals surface area contributed by atoms with Gasteiger partial charge in [0.25, 0.3) is 0 Å². The summed E-state index contributed by atoms with van der Waals surface area (Å²) in [5.74, 6) is 0.0716. The molecular weight excluding hydrogens is 408 g/mol. The van der Waals surface area contributed by atoms with E-state index in [1.54, 1.807) is 13.8 Å². The maximum Gasteiger partial charge on any atom is 0.213 e. The van der Waals surface area contributed by atoms with Crippen molar-refractivity contribution in [1.82, 2.24) is 9.44 Å². The predicted molar refractivity (Wildman–Crippen MR) is 123 cm³/mol. The zero-order valence-electron chi connectivity index (χ0n) is 17.3. The van der Waals surface area contributed by atoms with E-state index in [0.717, 1.165) is 28.5 Å². The van der Waals surface area contributed by atoms with Crippen LogP contribution in [0.2, 0.25) is 0 Å². The van der Waals surface area contributed by atoms with Gasteiger partial charge in [0.1, 0.15) is 0 Å². The van der Waals surface area contributed by atoms with E-state index in [9.17, 15) is 16.8 Å².